The molecular weight excluding hydrogens is 429 g/mol. The maximum atomic E-state index is 12.0. The number of alkyl carbamates (subject to hydrolysis) is 1. The number of amides is 1. The Balaban J connectivity index is 1.91. The van der Waals surface area contributed by atoms with Crippen LogP contribution in [0.25, 0.3) is 0 Å². The van der Waals surface area contributed by atoms with E-state index in [-0.39, 0.29) is 11.7 Å². The second-order valence-corrected chi connectivity index (χ2v) is 8.42. The second-order valence-electron chi connectivity index (χ2n) is 5.65. The van der Waals surface area contributed by atoms with E-state index in [0.717, 1.165) is 16.8 Å². The van der Waals surface area contributed by atoms with Crippen LogP contribution in [0.1, 0.15) is 11.1 Å². The van der Waals surface area contributed by atoms with Crippen molar-refractivity contribution in [1.29, 1.82) is 0 Å². The zero-order chi connectivity index (χ0) is 19.9. The van der Waals surface area contributed by atoms with Gasteiger partial charge in [-0.25, -0.2) is 4.79 Å². The van der Waals surface area contributed by atoms with Gasteiger partial charge in [0, 0.05) is 5.69 Å². The number of rotatable bonds is 5. The molecule has 0 spiro atoms. The van der Waals surface area contributed by atoms with Crippen LogP contribution in [-0.2, 0) is 11.3 Å². The number of nitrogens with one attached hydrogen (secondary N) is 3. The highest BCUT2D eigenvalue weighted by Gasteiger charge is 2.35. The van der Waals surface area contributed by atoms with Gasteiger partial charge in [-0.1, -0.05) is 82.8 Å². The molecule has 1 atom stereocenters. The number of carbonyl (C=O) groups is 1. The van der Waals surface area contributed by atoms with Crippen LogP contribution in [0.4, 0.5) is 10.5 Å². The molecule has 5 nitrogen and oxygen atoms in total. The maximum absolute atomic E-state index is 12.0. The van der Waals surface area contributed by atoms with Crippen molar-refractivity contribution in [3.05, 3.63) is 65.7 Å². The van der Waals surface area contributed by atoms with E-state index >= 15 is 0 Å². The van der Waals surface area contributed by atoms with E-state index in [2.05, 4.69) is 16.0 Å². The first-order valence-corrected chi connectivity index (χ1v) is 9.46. The van der Waals surface area contributed by atoms with Crippen molar-refractivity contribution in [3.63, 3.8) is 0 Å². The van der Waals surface area contributed by atoms with Crippen LogP contribution in [-0.4, -0.2) is 21.2 Å². The third-order valence-corrected chi connectivity index (χ3v) is 4.26. The lowest BCUT2D eigenvalue weighted by atomic mass is 10.2. The number of aryl methyl sites for hydroxylation is 1. The molecule has 2 aromatic rings. The molecule has 0 aromatic heterocycles. The molecule has 0 aliphatic heterocycles. The fraction of sp³-hybridized carbons (Fsp3) is 0.222. The zero-order valence-electron chi connectivity index (χ0n) is 14.3. The van der Waals surface area contributed by atoms with Crippen LogP contribution in [0.5, 0.6) is 0 Å². The molecule has 3 N–H and O–H groups in total. The van der Waals surface area contributed by atoms with Crippen LogP contribution < -0.4 is 16.0 Å². The van der Waals surface area contributed by atoms with Gasteiger partial charge in [-0.2, -0.15) is 0 Å². The van der Waals surface area contributed by atoms with Crippen molar-refractivity contribution >= 4 is 63.9 Å². The topological polar surface area (TPSA) is 62.4 Å². The largest absolute Gasteiger partial charge is 0.445 e. The van der Waals surface area contributed by atoms with E-state index in [1.807, 2.05) is 61.5 Å². The highest BCUT2D eigenvalue weighted by atomic mass is 35.6. The minimum atomic E-state index is -1.86. The number of thiocarbonyl (C=S) groups is 1. The van der Waals surface area contributed by atoms with Gasteiger partial charge in [-0.15, -0.1) is 0 Å². The van der Waals surface area contributed by atoms with Crippen LogP contribution in [0.2, 0.25) is 0 Å². The summed E-state index contributed by atoms with van der Waals surface area (Å²) in [6, 6.07) is 16.8. The predicted molar refractivity (Wildman–Crippen MR) is 114 cm³/mol. The molecular formula is C18H18Cl3N3O2S. The molecule has 1 amide bonds. The van der Waals surface area contributed by atoms with E-state index in [4.69, 9.17) is 51.8 Å². The molecule has 0 aliphatic rings. The van der Waals surface area contributed by atoms with Crippen molar-refractivity contribution in [3.8, 4) is 0 Å². The fourth-order valence-electron chi connectivity index (χ4n) is 2.02. The van der Waals surface area contributed by atoms with Gasteiger partial charge in [-0.05, 0) is 36.8 Å². The SMILES string of the molecule is Cc1ccc(NC(=S)N[C@@H](NC(=O)OCc2ccccc2)C(Cl)(Cl)Cl)cc1. The van der Waals surface area contributed by atoms with Gasteiger partial charge < -0.3 is 15.4 Å². The van der Waals surface area contributed by atoms with Gasteiger partial charge >= 0.3 is 6.09 Å². The summed E-state index contributed by atoms with van der Waals surface area (Å²) in [5.74, 6) is 0. The van der Waals surface area contributed by atoms with Gasteiger partial charge in [0.05, 0.1) is 0 Å². The highest BCUT2D eigenvalue weighted by Crippen LogP contribution is 2.29. The molecule has 0 unspecified atom stereocenters. The Morgan fingerprint density at radius 3 is 2.30 bits per heavy atom. The zero-order valence-corrected chi connectivity index (χ0v) is 17.4. The Kier molecular flexibility index (Phi) is 7.98. The highest BCUT2D eigenvalue weighted by molar-refractivity contribution is 7.80. The molecule has 27 heavy (non-hydrogen) atoms. The number of hydrogen-bond acceptors (Lipinski definition) is 3. The Morgan fingerprint density at radius 2 is 1.70 bits per heavy atom. The molecule has 0 saturated heterocycles. The molecule has 2 rings (SSSR count). The summed E-state index contributed by atoms with van der Waals surface area (Å²) in [6.07, 6.45) is -1.85. The number of halogens is 3. The second kappa shape index (κ2) is 9.99. The standard InChI is InChI=1S/C18H18Cl3N3O2S/c1-12-7-9-14(10-8-12)22-16(27)23-15(18(19,20)21)24-17(25)26-11-13-5-3-2-4-6-13/h2-10,15H,11H2,1H3,(H,24,25)(H2,22,23,27)/t15-/m0/s1. The Labute approximate surface area is 178 Å². The molecule has 0 bridgehead atoms. The lowest BCUT2D eigenvalue weighted by Gasteiger charge is -2.27. The monoisotopic (exact) mass is 445 g/mol. The van der Waals surface area contributed by atoms with Gasteiger partial charge in [-0.3, -0.25) is 5.32 Å². The first-order valence-electron chi connectivity index (χ1n) is 7.92. The van der Waals surface area contributed by atoms with Crippen LogP contribution in [0.3, 0.4) is 0 Å². The van der Waals surface area contributed by atoms with Crippen LogP contribution in [0, 0.1) is 6.92 Å². The van der Waals surface area contributed by atoms with Crippen molar-refractivity contribution in [2.45, 2.75) is 23.5 Å². The molecule has 0 fully saturated rings. The summed E-state index contributed by atoms with van der Waals surface area (Å²) >= 11 is 23.0. The number of ether oxygens (including phenoxy) is 1. The number of benzene rings is 2. The minimum Gasteiger partial charge on any atom is -0.445 e. The summed E-state index contributed by atoms with van der Waals surface area (Å²) in [5, 5.41) is 8.35. The average molecular weight is 447 g/mol. The van der Waals surface area contributed by atoms with E-state index < -0.39 is 16.1 Å². The summed E-state index contributed by atoms with van der Waals surface area (Å²) in [4.78, 5) is 12.0. The van der Waals surface area contributed by atoms with Gasteiger partial charge in [0.15, 0.2) is 11.3 Å². The lowest BCUT2D eigenvalue weighted by molar-refractivity contribution is 0.135. The first-order chi connectivity index (χ1) is 12.7. The molecule has 0 radical (unpaired) electrons. The number of carbonyl (C=O) groups excluding carboxylic acids is 1. The summed E-state index contributed by atoms with van der Waals surface area (Å²) < 4.78 is 3.28. The van der Waals surface area contributed by atoms with E-state index in [9.17, 15) is 4.79 Å². The molecule has 0 saturated carbocycles. The summed E-state index contributed by atoms with van der Waals surface area (Å²) in [5.41, 5.74) is 2.71. The molecule has 0 heterocycles. The Bertz CT molecular complexity index is 768. The minimum absolute atomic E-state index is 0.0886. The van der Waals surface area contributed by atoms with E-state index in [1.165, 1.54) is 0 Å². The smallest absolute Gasteiger partial charge is 0.409 e. The van der Waals surface area contributed by atoms with E-state index in [1.54, 1.807) is 0 Å². The number of anilines is 1. The van der Waals surface area contributed by atoms with Gasteiger partial charge in [0.25, 0.3) is 0 Å². The summed E-state index contributed by atoms with van der Waals surface area (Å²) in [7, 11) is 0. The molecule has 0 aliphatic carbocycles. The third kappa shape index (κ3) is 7.81. The van der Waals surface area contributed by atoms with Crippen molar-refractivity contribution in [2.24, 2.45) is 0 Å². The fourth-order valence-corrected chi connectivity index (χ4v) is 2.58. The van der Waals surface area contributed by atoms with Crippen LogP contribution >= 0.6 is 47.0 Å². The van der Waals surface area contributed by atoms with Crippen molar-refractivity contribution in [1.82, 2.24) is 10.6 Å². The quantitative estimate of drug-likeness (QED) is 0.346. The van der Waals surface area contributed by atoms with Gasteiger partial charge in [0.2, 0.25) is 3.79 Å². The molecule has 144 valence electrons. The maximum Gasteiger partial charge on any atom is 0.409 e. The Morgan fingerprint density at radius 1 is 1.07 bits per heavy atom. The molecule has 9 heteroatoms. The normalized spacial score (nSPS) is 12.0. The molecule has 2 aromatic carbocycles. The predicted octanol–water partition coefficient (Wildman–Crippen LogP) is 4.90. The average Bonchev–Trinajstić information content (AvgIpc) is 2.61. The van der Waals surface area contributed by atoms with Crippen molar-refractivity contribution < 1.29 is 9.53 Å². The van der Waals surface area contributed by atoms with Gasteiger partial charge in [0.1, 0.15) is 6.61 Å². The Hall–Kier alpha value is -1.73. The first kappa shape index (κ1) is 21.6. The summed E-state index contributed by atoms with van der Waals surface area (Å²) in [6.45, 7) is 2.06. The number of hydrogen-bond donors (Lipinski definition) is 3. The lowest BCUT2D eigenvalue weighted by Crippen LogP contribution is -2.56. The number of alkyl halides is 3. The van der Waals surface area contributed by atoms with Crippen molar-refractivity contribution in [2.75, 3.05) is 5.32 Å². The third-order valence-electron chi connectivity index (χ3n) is 3.39. The van der Waals surface area contributed by atoms with E-state index in [0.29, 0.717) is 0 Å². The van der Waals surface area contributed by atoms with Crippen LogP contribution in [0.15, 0.2) is 54.6 Å².